The quantitative estimate of drug-likeness (QED) is 0.646. The minimum absolute atomic E-state index is 0.0800. The Balaban J connectivity index is 2.45. The van der Waals surface area contributed by atoms with Gasteiger partial charge in [-0.25, -0.2) is 4.98 Å². The van der Waals surface area contributed by atoms with E-state index in [0.717, 1.165) is 0 Å². The summed E-state index contributed by atoms with van der Waals surface area (Å²) in [5.41, 5.74) is 0.548. The first-order valence-electron chi connectivity index (χ1n) is 4.01. The highest BCUT2D eigenvalue weighted by Gasteiger charge is 2.19. The smallest absolute Gasteiger partial charge is 0.216 e. The number of carbonyl (C=O) groups is 1. The van der Waals surface area contributed by atoms with Crippen molar-refractivity contribution < 1.29 is 14.3 Å². The lowest BCUT2D eigenvalue weighted by Crippen LogP contribution is -2.15. The van der Waals surface area contributed by atoms with Crippen LogP contribution in [0.15, 0.2) is 12.3 Å². The molecule has 68 valence electrons. The van der Waals surface area contributed by atoms with Gasteiger partial charge in [-0.1, -0.05) is 0 Å². The number of aromatic nitrogens is 1. The Labute approximate surface area is 75.5 Å². The first kappa shape index (κ1) is 8.04. The van der Waals surface area contributed by atoms with Crippen molar-refractivity contribution in [3.63, 3.8) is 0 Å². The third-order valence-electron chi connectivity index (χ3n) is 1.94. The van der Waals surface area contributed by atoms with E-state index in [9.17, 15) is 4.79 Å². The minimum atomic E-state index is 0.0800. The second kappa shape index (κ2) is 3.05. The third kappa shape index (κ3) is 1.35. The predicted molar refractivity (Wildman–Crippen MR) is 45.2 cm³/mol. The molecule has 2 rings (SSSR count). The first-order valence-corrected chi connectivity index (χ1v) is 4.01. The highest BCUT2D eigenvalue weighted by atomic mass is 16.5. The number of Topliss-reactive ketones (excluding diaryl/α,β-unsaturated/α-hetero) is 1. The lowest BCUT2D eigenvalue weighted by Gasteiger charge is -2.15. The highest BCUT2D eigenvalue weighted by molar-refractivity contribution is 5.99. The molecule has 1 aliphatic heterocycles. The Morgan fingerprint density at radius 2 is 2.46 bits per heavy atom. The molecule has 0 amide bonds. The van der Waals surface area contributed by atoms with Crippen molar-refractivity contribution in [2.45, 2.75) is 6.42 Å². The van der Waals surface area contributed by atoms with E-state index in [1.807, 2.05) is 0 Å². The number of pyridine rings is 1. The average Bonchev–Trinajstić information content (AvgIpc) is 2.18. The maximum Gasteiger partial charge on any atom is 0.216 e. The topological polar surface area (TPSA) is 48.4 Å². The van der Waals surface area contributed by atoms with Gasteiger partial charge < -0.3 is 9.47 Å². The van der Waals surface area contributed by atoms with Gasteiger partial charge in [0, 0.05) is 18.7 Å². The number of hydrogen-bond donors (Lipinski definition) is 0. The van der Waals surface area contributed by atoms with Gasteiger partial charge in [-0.3, -0.25) is 4.79 Å². The van der Waals surface area contributed by atoms with Crippen molar-refractivity contribution in [2.24, 2.45) is 0 Å². The molecule has 1 aliphatic rings. The summed E-state index contributed by atoms with van der Waals surface area (Å²) in [5, 5.41) is 0. The molecule has 0 radical (unpaired) electrons. The molecule has 0 saturated carbocycles. The molecule has 13 heavy (non-hydrogen) atoms. The van der Waals surface area contributed by atoms with E-state index in [0.29, 0.717) is 30.2 Å². The van der Waals surface area contributed by atoms with Crippen LogP contribution in [0, 0.1) is 0 Å². The highest BCUT2D eigenvalue weighted by Crippen LogP contribution is 2.26. The number of hydrogen-bond acceptors (Lipinski definition) is 4. The van der Waals surface area contributed by atoms with Gasteiger partial charge in [0.1, 0.15) is 5.75 Å². The van der Waals surface area contributed by atoms with E-state index in [4.69, 9.17) is 9.47 Å². The van der Waals surface area contributed by atoms with Crippen molar-refractivity contribution in [1.82, 2.24) is 4.98 Å². The van der Waals surface area contributed by atoms with E-state index in [-0.39, 0.29) is 5.78 Å². The van der Waals surface area contributed by atoms with Crippen LogP contribution < -0.4 is 9.47 Å². The van der Waals surface area contributed by atoms with Gasteiger partial charge in [-0.15, -0.1) is 0 Å². The number of rotatable bonds is 1. The van der Waals surface area contributed by atoms with Gasteiger partial charge in [-0.2, -0.15) is 0 Å². The summed E-state index contributed by atoms with van der Waals surface area (Å²) in [7, 11) is 1.53. The van der Waals surface area contributed by atoms with Crippen LogP contribution >= 0.6 is 0 Å². The standard InChI is InChI=1S/C9H9NO3/c1-12-9-4-8-6(5-10-9)7(11)2-3-13-8/h4-5H,2-3H2,1H3. The lowest BCUT2D eigenvalue weighted by molar-refractivity contribution is 0.0932. The fraction of sp³-hybridized carbons (Fsp3) is 0.333. The Kier molecular flexibility index (Phi) is 1.88. The summed E-state index contributed by atoms with van der Waals surface area (Å²) in [4.78, 5) is 15.3. The van der Waals surface area contributed by atoms with E-state index in [1.54, 1.807) is 6.07 Å². The van der Waals surface area contributed by atoms with Crippen LogP contribution in [-0.4, -0.2) is 24.5 Å². The molecule has 0 aromatic carbocycles. The SMILES string of the molecule is COc1cc2c(cn1)C(=O)CCO2. The van der Waals surface area contributed by atoms with Crippen LogP contribution in [0.3, 0.4) is 0 Å². The average molecular weight is 179 g/mol. The molecule has 0 spiro atoms. The predicted octanol–water partition coefficient (Wildman–Crippen LogP) is 1.06. The van der Waals surface area contributed by atoms with Crippen molar-refractivity contribution in [3.05, 3.63) is 17.8 Å². The van der Waals surface area contributed by atoms with Gasteiger partial charge in [0.25, 0.3) is 0 Å². The summed E-state index contributed by atoms with van der Waals surface area (Å²) >= 11 is 0. The van der Waals surface area contributed by atoms with Gasteiger partial charge in [0.05, 0.1) is 19.3 Å². The Bertz CT molecular complexity index is 349. The zero-order chi connectivity index (χ0) is 9.26. The fourth-order valence-electron chi connectivity index (χ4n) is 1.25. The molecule has 0 aliphatic carbocycles. The molecular weight excluding hydrogens is 170 g/mol. The van der Waals surface area contributed by atoms with Crippen LogP contribution in [0.25, 0.3) is 0 Å². The number of fused-ring (bicyclic) bond motifs is 1. The molecule has 0 N–H and O–H groups in total. The van der Waals surface area contributed by atoms with Crippen LogP contribution in [-0.2, 0) is 0 Å². The Morgan fingerprint density at radius 1 is 1.62 bits per heavy atom. The first-order chi connectivity index (χ1) is 6.31. The molecule has 4 nitrogen and oxygen atoms in total. The number of ether oxygens (including phenoxy) is 2. The van der Waals surface area contributed by atoms with Gasteiger partial charge in [0.15, 0.2) is 5.78 Å². The number of carbonyl (C=O) groups excluding carboxylic acids is 1. The van der Waals surface area contributed by atoms with Gasteiger partial charge >= 0.3 is 0 Å². The largest absolute Gasteiger partial charge is 0.492 e. The maximum atomic E-state index is 11.3. The van der Waals surface area contributed by atoms with Crippen LogP contribution in [0.1, 0.15) is 16.8 Å². The molecule has 0 fully saturated rings. The summed E-state index contributed by atoms with van der Waals surface area (Å²) < 4.78 is 10.2. The minimum Gasteiger partial charge on any atom is -0.492 e. The molecule has 2 heterocycles. The molecule has 0 atom stereocenters. The second-order valence-electron chi connectivity index (χ2n) is 2.74. The van der Waals surface area contributed by atoms with Gasteiger partial charge in [0.2, 0.25) is 5.88 Å². The van der Waals surface area contributed by atoms with Crippen LogP contribution in [0.4, 0.5) is 0 Å². The molecular formula is C9H9NO3. The van der Waals surface area contributed by atoms with Crippen molar-refractivity contribution in [3.8, 4) is 11.6 Å². The van der Waals surface area contributed by atoms with Crippen LogP contribution in [0.2, 0.25) is 0 Å². The van der Waals surface area contributed by atoms with Crippen molar-refractivity contribution in [1.29, 1.82) is 0 Å². The Hall–Kier alpha value is -1.58. The summed E-state index contributed by atoms with van der Waals surface area (Å²) in [6.07, 6.45) is 1.93. The lowest BCUT2D eigenvalue weighted by atomic mass is 10.1. The molecule has 4 heteroatoms. The monoisotopic (exact) mass is 179 g/mol. The fourth-order valence-corrected chi connectivity index (χ4v) is 1.25. The number of methoxy groups -OCH3 is 1. The second-order valence-corrected chi connectivity index (χ2v) is 2.74. The van der Waals surface area contributed by atoms with Gasteiger partial charge in [-0.05, 0) is 0 Å². The summed E-state index contributed by atoms with van der Waals surface area (Å²) in [6.45, 7) is 0.443. The zero-order valence-electron chi connectivity index (χ0n) is 7.24. The van der Waals surface area contributed by atoms with E-state index in [1.165, 1.54) is 13.3 Å². The number of ketones is 1. The zero-order valence-corrected chi connectivity index (χ0v) is 7.24. The summed E-state index contributed by atoms with van der Waals surface area (Å²) in [5.74, 6) is 1.12. The van der Waals surface area contributed by atoms with E-state index >= 15 is 0 Å². The number of nitrogens with zero attached hydrogens (tertiary/aromatic N) is 1. The molecule has 0 saturated heterocycles. The Morgan fingerprint density at radius 3 is 3.23 bits per heavy atom. The van der Waals surface area contributed by atoms with Crippen LogP contribution in [0.5, 0.6) is 11.6 Å². The van der Waals surface area contributed by atoms with E-state index < -0.39 is 0 Å². The normalized spacial score (nSPS) is 14.7. The summed E-state index contributed by atoms with van der Waals surface area (Å²) in [6, 6.07) is 1.63. The maximum absolute atomic E-state index is 11.3. The molecule has 1 aromatic rings. The molecule has 1 aromatic heterocycles. The third-order valence-corrected chi connectivity index (χ3v) is 1.94. The van der Waals surface area contributed by atoms with Crippen molar-refractivity contribution >= 4 is 5.78 Å². The molecule has 0 unspecified atom stereocenters. The molecule has 0 bridgehead atoms. The van der Waals surface area contributed by atoms with Crippen molar-refractivity contribution in [2.75, 3.05) is 13.7 Å². The van der Waals surface area contributed by atoms with E-state index in [2.05, 4.69) is 4.98 Å².